The highest BCUT2D eigenvalue weighted by atomic mass is 19.1. The summed E-state index contributed by atoms with van der Waals surface area (Å²) in [5.41, 5.74) is 5.14. The lowest BCUT2D eigenvalue weighted by Crippen LogP contribution is -2.27. The first-order chi connectivity index (χ1) is 9.27. The number of hydrogen-bond acceptors (Lipinski definition) is 2. The second-order valence-corrected chi connectivity index (χ2v) is 5.06. The fourth-order valence-electron chi connectivity index (χ4n) is 2.22. The summed E-state index contributed by atoms with van der Waals surface area (Å²) in [7, 11) is 0. The van der Waals surface area contributed by atoms with Gasteiger partial charge in [0, 0.05) is 24.2 Å². The van der Waals surface area contributed by atoms with Crippen LogP contribution in [0, 0.1) is 29.3 Å². The van der Waals surface area contributed by atoms with Crippen LogP contribution in [0.4, 0.5) is 13.2 Å². The second-order valence-electron chi connectivity index (χ2n) is 5.06. The lowest BCUT2D eigenvalue weighted by molar-refractivity contribution is -0.142. The quantitative estimate of drug-likeness (QED) is 0.846. The smallest absolute Gasteiger partial charge is 0.307 e. The number of halogens is 3. The molecule has 1 aromatic carbocycles. The van der Waals surface area contributed by atoms with Crippen molar-refractivity contribution in [2.45, 2.75) is 26.2 Å². The first-order valence-electron chi connectivity index (χ1n) is 6.35. The fraction of sp³-hybridized carbons (Fsp3) is 0.500. The van der Waals surface area contributed by atoms with Gasteiger partial charge in [0.1, 0.15) is 17.5 Å². The molecule has 0 saturated heterocycles. The Morgan fingerprint density at radius 1 is 1.25 bits per heavy atom. The molecule has 3 atom stereocenters. The molecule has 0 aliphatic rings. The van der Waals surface area contributed by atoms with E-state index in [4.69, 9.17) is 10.8 Å². The molecule has 3 N–H and O–H groups in total. The van der Waals surface area contributed by atoms with Crippen molar-refractivity contribution < 1.29 is 23.1 Å². The van der Waals surface area contributed by atoms with E-state index in [0.29, 0.717) is 12.1 Å². The number of carboxylic acids is 1. The van der Waals surface area contributed by atoms with E-state index >= 15 is 0 Å². The summed E-state index contributed by atoms with van der Waals surface area (Å²) in [6.07, 6.45) is 0.198. The molecule has 0 spiro atoms. The minimum absolute atomic E-state index is 0.0409. The molecule has 0 heterocycles. The van der Waals surface area contributed by atoms with Crippen molar-refractivity contribution in [3.63, 3.8) is 0 Å². The molecule has 0 fully saturated rings. The summed E-state index contributed by atoms with van der Waals surface area (Å²) in [5, 5.41) is 8.94. The van der Waals surface area contributed by atoms with Gasteiger partial charge in [-0.2, -0.15) is 0 Å². The maximum atomic E-state index is 13.7. The minimum atomic E-state index is -1.04. The third-order valence-corrected chi connectivity index (χ3v) is 3.64. The molecular formula is C14H18F3NO2. The fourth-order valence-corrected chi connectivity index (χ4v) is 2.22. The van der Waals surface area contributed by atoms with Crippen molar-refractivity contribution in [1.82, 2.24) is 0 Å². The van der Waals surface area contributed by atoms with Gasteiger partial charge < -0.3 is 10.8 Å². The Hall–Kier alpha value is -1.56. The summed E-state index contributed by atoms with van der Waals surface area (Å²) < 4.78 is 40.2. The van der Waals surface area contributed by atoms with E-state index in [9.17, 15) is 18.0 Å². The van der Waals surface area contributed by atoms with Gasteiger partial charge in [-0.1, -0.05) is 13.8 Å². The molecule has 20 heavy (non-hydrogen) atoms. The van der Waals surface area contributed by atoms with Gasteiger partial charge in [-0.15, -0.1) is 0 Å². The standard InChI is InChI=1S/C14H18F3NO2/c1-7(3-9(6-18)14(19)20)8(2)13-11(16)4-10(15)5-12(13)17/h4-5,7-9H,3,6,18H2,1-2H3,(H,19,20). The summed E-state index contributed by atoms with van der Waals surface area (Å²) in [4.78, 5) is 10.9. The maximum absolute atomic E-state index is 13.7. The number of carboxylic acid groups (broad SMARTS) is 1. The average Bonchev–Trinajstić information content (AvgIpc) is 2.33. The minimum Gasteiger partial charge on any atom is -0.481 e. The van der Waals surface area contributed by atoms with Crippen molar-refractivity contribution in [3.05, 3.63) is 35.1 Å². The molecule has 6 heteroatoms. The number of rotatable bonds is 6. The zero-order chi connectivity index (χ0) is 15.4. The van der Waals surface area contributed by atoms with E-state index in [-0.39, 0.29) is 24.4 Å². The van der Waals surface area contributed by atoms with Gasteiger partial charge >= 0.3 is 5.97 Å². The Morgan fingerprint density at radius 3 is 2.15 bits per heavy atom. The molecule has 3 unspecified atom stereocenters. The molecule has 1 aromatic rings. The van der Waals surface area contributed by atoms with E-state index in [0.717, 1.165) is 0 Å². The van der Waals surface area contributed by atoms with E-state index in [1.165, 1.54) is 0 Å². The number of hydrogen-bond donors (Lipinski definition) is 2. The van der Waals surface area contributed by atoms with Crippen LogP contribution in [0.3, 0.4) is 0 Å². The van der Waals surface area contributed by atoms with Crippen molar-refractivity contribution in [3.8, 4) is 0 Å². The molecule has 0 aliphatic heterocycles. The second kappa shape index (κ2) is 6.74. The van der Waals surface area contributed by atoms with E-state index in [1.807, 2.05) is 0 Å². The molecule has 0 aromatic heterocycles. The Morgan fingerprint density at radius 2 is 1.75 bits per heavy atom. The first-order valence-corrected chi connectivity index (χ1v) is 6.35. The molecule has 3 nitrogen and oxygen atoms in total. The molecule has 112 valence electrons. The van der Waals surface area contributed by atoms with Gasteiger partial charge in [-0.3, -0.25) is 4.79 Å². The van der Waals surface area contributed by atoms with Gasteiger partial charge in [0.05, 0.1) is 5.92 Å². The van der Waals surface area contributed by atoms with E-state index in [1.54, 1.807) is 13.8 Å². The number of nitrogens with two attached hydrogens (primary N) is 1. The van der Waals surface area contributed by atoms with Crippen LogP contribution in [0.1, 0.15) is 31.7 Å². The van der Waals surface area contributed by atoms with E-state index < -0.39 is 35.3 Å². The van der Waals surface area contributed by atoms with E-state index in [2.05, 4.69) is 0 Å². The number of benzene rings is 1. The summed E-state index contributed by atoms with van der Waals surface area (Å²) in [5.74, 6) is -5.58. The lowest BCUT2D eigenvalue weighted by atomic mass is 9.82. The van der Waals surface area contributed by atoms with Gasteiger partial charge in [-0.25, -0.2) is 13.2 Å². The van der Waals surface area contributed by atoms with Gasteiger partial charge in [0.15, 0.2) is 0 Å². The Balaban J connectivity index is 2.94. The third kappa shape index (κ3) is 3.72. The molecule has 0 radical (unpaired) electrons. The highest BCUT2D eigenvalue weighted by Crippen LogP contribution is 2.32. The normalized spacial score (nSPS) is 15.7. The Bertz CT molecular complexity index is 470. The molecule has 0 aliphatic carbocycles. The molecule has 0 saturated carbocycles. The highest BCUT2D eigenvalue weighted by Gasteiger charge is 2.26. The molecule has 1 rings (SSSR count). The van der Waals surface area contributed by atoms with Crippen LogP contribution in [0.2, 0.25) is 0 Å². The van der Waals surface area contributed by atoms with Crippen molar-refractivity contribution >= 4 is 5.97 Å². The summed E-state index contributed by atoms with van der Waals surface area (Å²) in [6, 6.07) is 1.25. The van der Waals surface area contributed by atoms with Crippen LogP contribution in [-0.2, 0) is 4.79 Å². The highest BCUT2D eigenvalue weighted by molar-refractivity contribution is 5.70. The monoisotopic (exact) mass is 289 g/mol. The third-order valence-electron chi connectivity index (χ3n) is 3.64. The first kappa shape index (κ1) is 16.5. The maximum Gasteiger partial charge on any atom is 0.307 e. The average molecular weight is 289 g/mol. The zero-order valence-corrected chi connectivity index (χ0v) is 11.4. The van der Waals surface area contributed by atoms with Gasteiger partial charge in [0.2, 0.25) is 0 Å². The number of carbonyl (C=O) groups is 1. The Kier molecular flexibility index (Phi) is 5.56. The largest absolute Gasteiger partial charge is 0.481 e. The van der Waals surface area contributed by atoms with Crippen molar-refractivity contribution in [2.24, 2.45) is 17.6 Å². The van der Waals surface area contributed by atoms with Crippen molar-refractivity contribution in [2.75, 3.05) is 6.54 Å². The lowest BCUT2D eigenvalue weighted by Gasteiger charge is -2.23. The SMILES string of the molecule is CC(CC(CN)C(=O)O)C(C)c1c(F)cc(F)cc1F. The summed E-state index contributed by atoms with van der Waals surface area (Å²) >= 11 is 0. The molecule has 0 bridgehead atoms. The topological polar surface area (TPSA) is 63.3 Å². The van der Waals surface area contributed by atoms with Crippen LogP contribution in [0.25, 0.3) is 0 Å². The summed E-state index contributed by atoms with van der Waals surface area (Å²) in [6.45, 7) is 3.23. The Labute approximate surface area is 115 Å². The van der Waals surface area contributed by atoms with Gasteiger partial charge in [-0.05, 0) is 18.3 Å². The van der Waals surface area contributed by atoms with Crippen LogP contribution in [0.15, 0.2) is 12.1 Å². The van der Waals surface area contributed by atoms with Gasteiger partial charge in [0.25, 0.3) is 0 Å². The van der Waals surface area contributed by atoms with Crippen LogP contribution in [-0.4, -0.2) is 17.6 Å². The van der Waals surface area contributed by atoms with Crippen molar-refractivity contribution in [1.29, 1.82) is 0 Å². The molecule has 0 amide bonds. The molecular weight excluding hydrogens is 271 g/mol. The van der Waals surface area contributed by atoms with Crippen LogP contribution >= 0.6 is 0 Å². The predicted molar refractivity (Wildman–Crippen MR) is 68.7 cm³/mol. The zero-order valence-electron chi connectivity index (χ0n) is 11.4. The van der Waals surface area contributed by atoms with Crippen LogP contribution < -0.4 is 5.73 Å². The predicted octanol–water partition coefficient (Wildman–Crippen LogP) is 2.89. The van der Waals surface area contributed by atoms with Crippen LogP contribution in [0.5, 0.6) is 0 Å². The number of aliphatic carboxylic acids is 1.